The third kappa shape index (κ3) is 4.54. The maximum atomic E-state index is 13.3. The van der Waals surface area contributed by atoms with E-state index in [4.69, 9.17) is 0 Å². The molecular weight excluding hydrogens is 439 g/mol. The number of carbonyl (C=O) groups is 1. The Bertz CT molecular complexity index is 1290. The molecule has 2 heterocycles. The first-order valence-corrected chi connectivity index (χ1v) is 10.9. The minimum absolute atomic E-state index is 0.0287. The Morgan fingerprint density at radius 1 is 1.23 bits per heavy atom. The van der Waals surface area contributed by atoms with Crippen LogP contribution in [0.3, 0.4) is 0 Å². The zero-order valence-electron chi connectivity index (χ0n) is 16.2. The van der Waals surface area contributed by atoms with Crippen molar-refractivity contribution >= 4 is 50.6 Å². The topological polar surface area (TPSA) is 98.0 Å². The molecule has 1 amide bonds. The molecular formula is C21H15FN4O3S2. The van der Waals surface area contributed by atoms with Crippen LogP contribution >= 0.6 is 23.1 Å². The fourth-order valence-corrected chi connectivity index (χ4v) is 4.81. The molecule has 10 heteroatoms. The average molecular weight is 455 g/mol. The number of nitrogens with one attached hydrogen (secondary N) is 1. The average Bonchev–Trinajstić information content (AvgIpc) is 3.19. The highest BCUT2D eigenvalue weighted by Gasteiger charge is 2.16. The molecule has 4 aromatic rings. The van der Waals surface area contributed by atoms with E-state index in [9.17, 15) is 19.3 Å². The first kappa shape index (κ1) is 20.9. The number of non-ortho nitro benzene ring substituents is 1. The summed E-state index contributed by atoms with van der Waals surface area (Å²) < 4.78 is 13.3. The Balaban J connectivity index is 1.53. The van der Waals surface area contributed by atoms with Crippen LogP contribution in [0, 0.1) is 22.9 Å². The second-order valence-corrected chi connectivity index (χ2v) is 8.43. The van der Waals surface area contributed by atoms with E-state index in [1.807, 2.05) is 5.38 Å². The van der Waals surface area contributed by atoms with Crippen LogP contribution in [0.4, 0.5) is 15.8 Å². The van der Waals surface area contributed by atoms with E-state index < -0.39 is 4.92 Å². The standard InChI is InChI=1S/C21H15FN4O3S2/c1-12-8-15(26(28)29)6-7-17(12)25-18(27)10-31-21-19-16(9-30-20(19)23-11-24-21)13-2-4-14(22)5-3-13/h2-9,11H,10H2,1H3,(H,25,27). The largest absolute Gasteiger partial charge is 0.325 e. The molecule has 0 fully saturated rings. The van der Waals surface area contributed by atoms with Crippen molar-refractivity contribution in [1.82, 2.24) is 9.97 Å². The van der Waals surface area contributed by atoms with Gasteiger partial charge in [-0.1, -0.05) is 23.9 Å². The number of nitrogens with zero attached hydrogens (tertiary/aromatic N) is 3. The third-order valence-corrected chi connectivity index (χ3v) is 6.40. The number of nitro groups is 1. The number of benzene rings is 2. The van der Waals surface area contributed by atoms with Gasteiger partial charge in [0.25, 0.3) is 5.69 Å². The molecule has 0 bridgehead atoms. The summed E-state index contributed by atoms with van der Waals surface area (Å²) in [5, 5.41) is 17.1. The lowest BCUT2D eigenvalue weighted by Crippen LogP contribution is -2.15. The van der Waals surface area contributed by atoms with E-state index in [0.717, 1.165) is 21.3 Å². The molecule has 2 aromatic heterocycles. The number of carbonyl (C=O) groups excluding carboxylic acids is 1. The monoisotopic (exact) mass is 454 g/mol. The van der Waals surface area contributed by atoms with Crippen LogP contribution in [-0.4, -0.2) is 26.6 Å². The quantitative estimate of drug-likeness (QED) is 0.180. The van der Waals surface area contributed by atoms with Gasteiger partial charge in [-0.15, -0.1) is 11.3 Å². The SMILES string of the molecule is Cc1cc([N+](=O)[O-])ccc1NC(=O)CSc1ncnc2scc(-c3ccc(F)cc3)c12. The maximum Gasteiger partial charge on any atom is 0.269 e. The van der Waals surface area contributed by atoms with Crippen LogP contribution in [0.5, 0.6) is 0 Å². The molecule has 4 rings (SSSR count). The van der Waals surface area contributed by atoms with E-state index in [0.29, 0.717) is 16.3 Å². The lowest BCUT2D eigenvalue weighted by Gasteiger charge is -2.09. The van der Waals surface area contributed by atoms with Crippen molar-refractivity contribution in [2.45, 2.75) is 11.9 Å². The van der Waals surface area contributed by atoms with Gasteiger partial charge in [0, 0.05) is 28.8 Å². The summed E-state index contributed by atoms with van der Waals surface area (Å²) in [7, 11) is 0. The van der Waals surface area contributed by atoms with Gasteiger partial charge in [-0.05, 0) is 36.2 Å². The molecule has 0 atom stereocenters. The van der Waals surface area contributed by atoms with Gasteiger partial charge in [0.05, 0.1) is 16.1 Å². The lowest BCUT2D eigenvalue weighted by atomic mass is 10.1. The second kappa shape index (κ2) is 8.78. The number of hydrogen-bond acceptors (Lipinski definition) is 7. The fraction of sp³-hybridized carbons (Fsp3) is 0.0952. The number of amides is 1. The van der Waals surface area contributed by atoms with E-state index in [2.05, 4.69) is 15.3 Å². The molecule has 0 unspecified atom stereocenters. The number of aromatic nitrogens is 2. The van der Waals surface area contributed by atoms with E-state index in [1.165, 1.54) is 59.8 Å². The summed E-state index contributed by atoms with van der Waals surface area (Å²) >= 11 is 2.72. The van der Waals surface area contributed by atoms with Gasteiger partial charge in [0.15, 0.2) is 0 Å². The number of anilines is 1. The Hall–Kier alpha value is -3.37. The van der Waals surface area contributed by atoms with Crippen LogP contribution in [-0.2, 0) is 4.79 Å². The number of thioether (sulfide) groups is 1. The van der Waals surface area contributed by atoms with Crippen molar-refractivity contribution in [1.29, 1.82) is 0 Å². The zero-order valence-corrected chi connectivity index (χ0v) is 17.8. The molecule has 1 N–H and O–H groups in total. The van der Waals surface area contributed by atoms with E-state index >= 15 is 0 Å². The second-order valence-electron chi connectivity index (χ2n) is 6.61. The summed E-state index contributed by atoms with van der Waals surface area (Å²) in [6, 6.07) is 10.5. The molecule has 7 nitrogen and oxygen atoms in total. The van der Waals surface area contributed by atoms with Gasteiger partial charge in [0.2, 0.25) is 5.91 Å². The fourth-order valence-electron chi connectivity index (χ4n) is 3.02. The highest BCUT2D eigenvalue weighted by Crippen LogP contribution is 2.37. The Morgan fingerprint density at radius 3 is 2.71 bits per heavy atom. The summed E-state index contributed by atoms with van der Waals surface area (Å²) in [4.78, 5) is 32.3. The highest BCUT2D eigenvalue weighted by atomic mass is 32.2. The normalized spacial score (nSPS) is 10.9. The van der Waals surface area contributed by atoms with Gasteiger partial charge in [-0.2, -0.15) is 0 Å². The molecule has 31 heavy (non-hydrogen) atoms. The minimum atomic E-state index is -0.478. The molecule has 0 aliphatic heterocycles. The van der Waals surface area contributed by atoms with Crippen LogP contribution in [0.1, 0.15) is 5.56 Å². The number of hydrogen-bond donors (Lipinski definition) is 1. The van der Waals surface area contributed by atoms with Crippen LogP contribution in [0.15, 0.2) is 59.2 Å². The molecule has 0 aliphatic carbocycles. The Morgan fingerprint density at radius 2 is 2.00 bits per heavy atom. The van der Waals surface area contributed by atoms with Crippen molar-refractivity contribution in [2.75, 3.05) is 11.1 Å². The predicted molar refractivity (Wildman–Crippen MR) is 120 cm³/mol. The molecule has 156 valence electrons. The molecule has 0 saturated heterocycles. The lowest BCUT2D eigenvalue weighted by molar-refractivity contribution is -0.384. The summed E-state index contributed by atoms with van der Waals surface area (Å²) in [5.41, 5.74) is 2.82. The minimum Gasteiger partial charge on any atom is -0.325 e. The van der Waals surface area contributed by atoms with Crippen LogP contribution < -0.4 is 5.32 Å². The number of aryl methyl sites for hydroxylation is 1. The molecule has 0 aliphatic rings. The molecule has 2 aromatic carbocycles. The number of halogens is 1. The van der Waals surface area contributed by atoms with Crippen LogP contribution in [0.25, 0.3) is 21.3 Å². The Labute approximate surface area is 184 Å². The van der Waals surface area contributed by atoms with E-state index in [1.54, 1.807) is 19.1 Å². The first-order valence-electron chi connectivity index (χ1n) is 9.08. The Kier molecular flexibility index (Phi) is 5.92. The van der Waals surface area contributed by atoms with Gasteiger partial charge < -0.3 is 5.32 Å². The van der Waals surface area contributed by atoms with Crippen molar-refractivity contribution in [3.8, 4) is 11.1 Å². The maximum absolute atomic E-state index is 13.3. The molecule has 0 saturated carbocycles. The van der Waals surface area contributed by atoms with Gasteiger partial charge >= 0.3 is 0 Å². The number of rotatable bonds is 6. The molecule has 0 spiro atoms. The number of fused-ring (bicyclic) bond motifs is 1. The highest BCUT2D eigenvalue weighted by molar-refractivity contribution is 8.00. The zero-order chi connectivity index (χ0) is 22.0. The predicted octanol–water partition coefficient (Wildman–Crippen LogP) is 5.44. The van der Waals surface area contributed by atoms with Gasteiger partial charge in [-0.25, -0.2) is 14.4 Å². The van der Waals surface area contributed by atoms with Gasteiger partial charge in [0.1, 0.15) is 22.0 Å². The van der Waals surface area contributed by atoms with Gasteiger partial charge in [-0.3, -0.25) is 14.9 Å². The first-order chi connectivity index (χ1) is 14.9. The summed E-state index contributed by atoms with van der Waals surface area (Å²) in [6.07, 6.45) is 1.45. The number of thiophene rings is 1. The number of nitro benzene ring substituents is 1. The van der Waals surface area contributed by atoms with Crippen LogP contribution in [0.2, 0.25) is 0 Å². The van der Waals surface area contributed by atoms with Crippen molar-refractivity contribution < 1.29 is 14.1 Å². The van der Waals surface area contributed by atoms with Crippen molar-refractivity contribution in [2.24, 2.45) is 0 Å². The third-order valence-electron chi connectivity index (χ3n) is 4.53. The summed E-state index contributed by atoms with van der Waals surface area (Å²) in [6.45, 7) is 1.70. The van der Waals surface area contributed by atoms with Crippen molar-refractivity contribution in [3.63, 3.8) is 0 Å². The summed E-state index contributed by atoms with van der Waals surface area (Å²) in [5.74, 6) is -0.471. The van der Waals surface area contributed by atoms with E-state index in [-0.39, 0.29) is 23.2 Å². The molecule has 0 radical (unpaired) electrons. The van der Waals surface area contributed by atoms with Crippen molar-refractivity contribution in [3.05, 3.63) is 75.7 Å². The smallest absolute Gasteiger partial charge is 0.269 e.